The Balaban J connectivity index is 2.43. The molecule has 0 saturated heterocycles. The van der Waals surface area contributed by atoms with Gasteiger partial charge in [-0.2, -0.15) is 0 Å². The number of rotatable bonds is 33. The molecule has 13 heteroatoms. The summed E-state index contributed by atoms with van der Waals surface area (Å²) in [6, 6.07) is 0. The summed E-state index contributed by atoms with van der Waals surface area (Å²) in [6.07, 6.45) is 24.9. The molecule has 0 bridgehead atoms. The van der Waals surface area contributed by atoms with E-state index >= 15 is 0 Å². The maximum absolute atomic E-state index is 12.7. The fourth-order valence-electron chi connectivity index (χ4n) is 5.93. The van der Waals surface area contributed by atoms with Gasteiger partial charge in [-0.05, 0) is 51.4 Å². The molecule has 0 radical (unpaired) electrons. The first-order valence-corrected chi connectivity index (χ1v) is 22.0. The van der Waals surface area contributed by atoms with Crippen molar-refractivity contribution in [2.75, 3.05) is 19.8 Å². The Kier molecular flexibility index (Phi) is 30.2. The van der Waals surface area contributed by atoms with Crippen molar-refractivity contribution in [1.29, 1.82) is 0 Å². The van der Waals surface area contributed by atoms with Gasteiger partial charge in [-0.25, -0.2) is 4.57 Å². The van der Waals surface area contributed by atoms with Gasteiger partial charge in [0.2, 0.25) is 0 Å². The smallest absolute Gasteiger partial charge is 0.457 e. The van der Waals surface area contributed by atoms with Crippen molar-refractivity contribution in [3.8, 4) is 0 Å². The van der Waals surface area contributed by atoms with E-state index in [0.717, 1.165) is 83.5 Å². The molecule has 1 saturated carbocycles. The maximum Gasteiger partial charge on any atom is 0.472 e. The van der Waals surface area contributed by atoms with E-state index in [0.29, 0.717) is 13.0 Å². The molecule has 1 aliphatic rings. The molecule has 12 nitrogen and oxygen atoms in total. The van der Waals surface area contributed by atoms with Gasteiger partial charge in [0.15, 0.2) is 0 Å². The highest BCUT2D eigenvalue weighted by molar-refractivity contribution is 7.47. The van der Waals surface area contributed by atoms with Crippen molar-refractivity contribution < 1.29 is 58.3 Å². The summed E-state index contributed by atoms with van der Waals surface area (Å²) in [5.74, 6) is -0.490. The summed E-state index contributed by atoms with van der Waals surface area (Å²) < 4.78 is 34.0. The summed E-state index contributed by atoms with van der Waals surface area (Å²) >= 11 is 0. The van der Waals surface area contributed by atoms with E-state index in [2.05, 4.69) is 62.5 Å². The Morgan fingerprint density at radius 2 is 1.09 bits per heavy atom. The zero-order valence-corrected chi connectivity index (χ0v) is 33.9. The third-order valence-electron chi connectivity index (χ3n) is 9.22. The third kappa shape index (κ3) is 24.7. The molecule has 0 spiro atoms. The molecule has 0 aromatic carbocycles. The summed E-state index contributed by atoms with van der Waals surface area (Å²) in [6.45, 7) is 4.05. The molecular formula is C41H73O12P. The first kappa shape index (κ1) is 50.3. The quantitative estimate of drug-likeness (QED) is 0.0169. The number of carbonyl (C=O) groups excluding carboxylic acids is 1. The van der Waals surface area contributed by atoms with Crippen LogP contribution < -0.4 is 0 Å². The lowest BCUT2D eigenvalue weighted by Gasteiger charge is -2.41. The monoisotopic (exact) mass is 788 g/mol. The lowest BCUT2D eigenvalue weighted by atomic mass is 9.85. The summed E-state index contributed by atoms with van der Waals surface area (Å²) in [4.78, 5) is 23.0. The topological polar surface area (TPSA) is 192 Å². The zero-order valence-electron chi connectivity index (χ0n) is 33.0. The maximum atomic E-state index is 12.7. The van der Waals surface area contributed by atoms with E-state index < -0.39 is 63.1 Å². The fraction of sp³-hybridized carbons (Fsp3) is 0.780. The lowest BCUT2D eigenvalue weighted by Crippen LogP contribution is -2.64. The minimum absolute atomic E-state index is 0.0897. The van der Waals surface area contributed by atoms with Crippen molar-refractivity contribution in [2.24, 2.45) is 0 Å². The second-order valence-electron chi connectivity index (χ2n) is 14.1. The van der Waals surface area contributed by atoms with Crippen LogP contribution in [0.15, 0.2) is 48.6 Å². The molecule has 6 atom stereocenters. The number of allylic oxidation sites excluding steroid dienone is 8. The van der Waals surface area contributed by atoms with E-state index in [9.17, 15) is 39.8 Å². The van der Waals surface area contributed by atoms with Crippen molar-refractivity contribution >= 4 is 13.8 Å². The largest absolute Gasteiger partial charge is 0.472 e. The van der Waals surface area contributed by atoms with Crippen molar-refractivity contribution in [1.82, 2.24) is 0 Å². The Morgan fingerprint density at radius 3 is 1.67 bits per heavy atom. The van der Waals surface area contributed by atoms with E-state index in [1.165, 1.54) is 32.1 Å². The molecule has 6 unspecified atom stereocenters. The van der Waals surface area contributed by atoms with Crippen LogP contribution in [0.1, 0.15) is 142 Å². The second kappa shape index (κ2) is 32.4. The van der Waals surface area contributed by atoms with Gasteiger partial charge in [-0.15, -0.1) is 0 Å². The Morgan fingerprint density at radius 1 is 0.611 bits per heavy atom. The summed E-state index contributed by atoms with van der Waals surface area (Å²) in [7, 11) is -5.01. The molecule has 1 fully saturated rings. The van der Waals surface area contributed by atoms with E-state index in [4.69, 9.17) is 18.5 Å². The number of unbranched alkanes of at least 4 members (excludes halogenated alkanes) is 13. The van der Waals surface area contributed by atoms with E-state index in [1.807, 2.05) is 0 Å². The van der Waals surface area contributed by atoms with Gasteiger partial charge in [-0.1, -0.05) is 133 Å². The number of esters is 1. The first-order chi connectivity index (χ1) is 26.0. The molecule has 6 N–H and O–H groups in total. The number of carbonyl (C=O) groups is 1. The molecule has 0 amide bonds. The molecule has 1 aliphatic carbocycles. The first-order valence-electron chi connectivity index (χ1n) is 20.5. The zero-order chi connectivity index (χ0) is 39.9. The Labute approximate surface area is 325 Å². The second-order valence-corrected chi connectivity index (χ2v) is 15.5. The van der Waals surface area contributed by atoms with E-state index in [-0.39, 0.29) is 13.0 Å². The number of hydrogen-bond donors (Lipinski definition) is 6. The van der Waals surface area contributed by atoms with Crippen LogP contribution in [0.25, 0.3) is 0 Å². The van der Waals surface area contributed by atoms with Gasteiger partial charge in [0.05, 0.1) is 13.2 Å². The van der Waals surface area contributed by atoms with Gasteiger partial charge >= 0.3 is 13.8 Å². The highest BCUT2D eigenvalue weighted by Crippen LogP contribution is 2.47. The molecular weight excluding hydrogens is 715 g/mol. The molecule has 0 heterocycles. The SMILES string of the molecule is CC/C=C\C/C=C\C/C=C\C/C=C\CCCCCCCOCC(COP(=O)(O)OC1C(O)C(O)C(O)C(O)C1O)OC(=O)CCCCCCCCCCC. The van der Waals surface area contributed by atoms with Gasteiger partial charge in [0.1, 0.15) is 42.7 Å². The van der Waals surface area contributed by atoms with Gasteiger partial charge < -0.3 is 39.9 Å². The molecule has 314 valence electrons. The average molecular weight is 789 g/mol. The van der Waals surface area contributed by atoms with Crippen LogP contribution in [-0.2, 0) is 27.9 Å². The number of phosphoric ester groups is 1. The molecule has 0 aromatic rings. The van der Waals surface area contributed by atoms with Crippen LogP contribution in [-0.4, -0.2) is 98.9 Å². The number of ether oxygens (including phenoxy) is 2. The molecule has 1 rings (SSSR count). The van der Waals surface area contributed by atoms with Gasteiger partial charge in [0.25, 0.3) is 0 Å². The Bertz CT molecular complexity index is 1080. The third-order valence-corrected chi connectivity index (χ3v) is 10.2. The molecule has 0 aliphatic heterocycles. The Hall–Kier alpha value is -1.70. The van der Waals surface area contributed by atoms with Crippen LogP contribution in [0.2, 0.25) is 0 Å². The predicted molar refractivity (Wildman–Crippen MR) is 212 cm³/mol. The van der Waals surface area contributed by atoms with Crippen LogP contribution in [0.4, 0.5) is 0 Å². The minimum Gasteiger partial charge on any atom is -0.457 e. The van der Waals surface area contributed by atoms with Gasteiger partial charge in [0, 0.05) is 13.0 Å². The van der Waals surface area contributed by atoms with Crippen LogP contribution in [0, 0.1) is 0 Å². The summed E-state index contributed by atoms with van der Waals surface area (Å²) in [5.41, 5.74) is 0. The van der Waals surface area contributed by atoms with Crippen molar-refractivity contribution in [3.05, 3.63) is 48.6 Å². The van der Waals surface area contributed by atoms with Crippen LogP contribution >= 0.6 is 7.82 Å². The highest BCUT2D eigenvalue weighted by Gasteiger charge is 2.51. The fourth-order valence-corrected chi connectivity index (χ4v) is 6.91. The normalized spacial score (nSPS) is 23.9. The van der Waals surface area contributed by atoms with Gasteiger partial charge in [-0.3, -0.25) is 13.8 Å². The van der Waals surface area contributed by atoms with Crippen molar-refractivity contribution in [3.63, 3.8) is 0 Å². The standard InChI is InChI=1S/C41H73O12P/c1-3-5-7-9-11-13-14-15-16-17-18-19-20-21-23-25-27-29-31-50-32-34(52-35(42)30-28-26-24-22-12-10-8-6-4-2)33-51-54(48,49)53-41-39(46)37(44)36(43)38(45)40(41)47/h5,7,11,13,15-16,18-19,34,36-41,43-47H,3-4,6,8-10,12,14,17,20-33H2,1-2H3,(H,48,49)/b7-5-,13-11-,16-15-,19-18-. The number of phosphoric acid groups is 1. The summed E-state index contributed by atoms with van der Waals surface area (Å²) in [5, 5.41) is 50.0. The van der Waals surface area contributed by atoms with Crippen LogP contribution in [0.3, 0.4) is 0 Å². The number of aliphatic hydroxyl groups excluding tert-OH is 5. The molecule has 54 heavy (non-hydrogen) atoms. The number of hydrogen-bond acceptors (Lipinski definition) is 11. The molecule has 0 aromatic heterocycles. The minimum atomic E-state index is -5.01. The number of aliphatic hydroxyl groups is 5. The predicted octanol–water partition coefficient (Wildman–Crippen LogP) is 7.30. The van der Waals surface area contributed by atoms with Crippen LogP contribution in [0.5, 0.6) is 0 Å². The van der Waals surface area contributed by atoms with E-state index in [1.54, 1.807) is 0 Å². The highest BCUT2D eigenvalue weighted by atomic mass is 31.2. The lowest BCUT2D eigenvalue weighted by molar-refractivity contribution is -0.220. The van der Waals surface area contributed by atoms with Crippen molar-refractivity contribution in [2.45, 2.75) is 185 Å². The average Bonchev–Trinajstić information content (AvgIpc) is 3.15.